The number of rotatable bonds is 6. The third kappa shape index (κ3) is 4.55. The molecule has 29 heavy (non-hydrogen) atoms. The molecule has 3 atom stereocenters. The van der Waals surface area contributed by atoms with E-state index >= 15 is 0 Å². The van der Waals surface area contributed by atoms with Crippen LogP contribution in [-0.4, -0.2) is 44.4 Å². The molecular formula is C17H16FN3O8. The molecule has 1 fully saturated rings. The largest absolute Gasteiger partial charge is 0.463 e. The van der Waals surface area contributed by atoms with E-state index in [1.807, 2.05) is 0 Å². The van der Waals surface area contributed by atoms with Crippen LogP contribution in [0.4, 0.5) is 10.1 Å². The predicted molar refractivity (Wildman–Crippen MR) is 93.6 cm³/mol. The summed E-state index contributed by atoms with van der Waals surface area (Å²) in [7, 11) is 0. The first-order valence-corrected chi connectivity index (χ1v) is 8.48. The number of ether oxygens (including phenoxy) is 2. The van der Waals surface area contributed by atoms with Gasteiger partial charge in [-0.1, -0.05) is 18.2 Å². The predicted octanol–water partition coefficient (Wildman–Crippen LogP) is 0.0182. The van der Waals surface area contributed by atoms with Gasteiger partial charge >= 0.3 is 11.7 Å². The Labute approximate surface area is 161 Å². The second kappa shape index (κ2) is 8.32. The highest BCUT2D eigenvalue weighted by molar-refractivity contribution is 5.74. The maximum Gasteiger partial charge on any atom is 0.330 e. The van der Waals surface area contributed by atoms with Crippen molar-refractivity contribution in [3.63, 3.8) is 0 Å². The minimum atomic E-state index is -1.27. The molecule has 1 aromatic heterocycles. The van der Waals surface area contributed by atoms with Crippen LogP contribution in [0.15, 0.2) is 40.1 Å². The lowest BCUT2D eigenvalue weighted by Gasteiger charge is -2.17. The zero-order chi connectivity index (χ0) is 21.1. The van der Waals surface area contributed by atoms with Crippen molar-refractivity contribution >= 4 is 11.7 Å². The Morgan fingerprint density at radius 1 is 1.41 bits per heavy atom. The third-order valence-corrected chi connectivity index (χ3v) is 4.32. The van der Waals surface area contributed by atoms with Crippen molar-refractivity contribution in [2.45, 2.75) is 31.3 Å². The summed E-state index contributed by atoms with van der Waals surface area (Å²) in [4.78, 5) is 47.0. The number of nitrogens with one attached hydrogen (secondary N) is 1. The quantitative estimate of drug-likeness (QED) is 0.384. The maximum absolute atomic E-state index is 13.4. The van der Waals surface area contributed by atoms with E-state index in [9.17, 15) is 34.0 Å². The highest BCUT2D eigenvalue weighted by Gasteiger charge is 2.36. The number of nitrogens with zero attached hydrogens (tertiary/aromatic N) is 2. The third-order valence-electron chi connectivity index (χ3n) is 4.32. The molecule has 3 rings (SSSR count). The van der Waals surface area contributed by atoms with Crippen molar-refractivity contribution in [3.8, 4) is 0 Å². The van der Waals surface area contributed by atoms with Crippen LogP contribution < -0.4 is 11.2 Å². The summed E-state index contributed by atoms with van der Waals surface area (Å²) < 4.78 is 24.6. The minimum absolute atomic E-state index is 0.0172. The maximum atomic E-state index is 13.4. The van der Waals surface area contributed by atoms with Gasteiger partial charge in [-0.15, -0.1) is 0 Å². The van der Waals surface area contributed by atoms with Gasteiger partial charge in [0.05, 0.1) is 23.6 Å². The number of halogens is 1. The van der Waals surface area contributed by atoms with Crippen molar-refractivity contribution in [1.82, 2.24) is 9.55 Å². The Morgan fingerprint density at radius 3 is 2.86 bits per heavy atom. The van der Waals surface area contributed by atoms with Crippen LogP contribution in [0.25, 0.3) is 0 Å². The number of nitro benzene ring substituents is 1. The van der Waals surface area contributed by atoms with Crippen LogP contribution >= 0.6 is 0 Å². The van der Waals surface area contributed by atoms with E-state index in [1.54, 1.807) is 11.1 Å². The molecule has 2 heterocycles. The van der Waals surface area contributed by atoms with Gasteiger partial charge in [-0.25, -0.2) is 4.79 Å². The molecule has 0 bridgehead atoms. The number of nitro groups is 1. The van der Waals surface area contributed by atoms with Gasteiger partial charge in [0.1, 0.15) is 12.7 Å². The van der Waals surface area contributed by atoms with E-state index < -0.39 is 46.4 Å². The number of carbonyl (C=O) groups excluding carboxylic acids is 1. The molecule has 1 aliphatic heterocycles. The van der Waals surface area contributed by atoms with Crippen LogP contribution in [0.3, 0.4) is 0 Å². The van der Waals surface area contributed by atoms with Crippen molar-refractivity contribution in [2.75, 3.05) is 6.61 Å². The van der Waals surface area contributed by atoms with Crippen LogP contribution in [0.1, 0.15) is 18.2 Å². The van der Waals surface area contributed by atoms with Gasteiger partial charge in [0.2, 0.25) is 5.82 Å². The number of hydrogen-bond donors (Lipinski definition) is 2. The van der Waals surface area contributed by atoms with Gasteiger partial charge in [0.25, 0.3) is 11.2 Å². The molecule has 12 heteroatoms. The van der Waals surface area contributed by atoms with Gasteiger partial charge in [0, 0.05) is 18.1 Å². The Kier molecular flexibility index (Phi) is 5.84. The van der Waals surface area contributed by atoms with Gasteiger partial charge in [0.15, 0.2) is 6.23 Å². The van der Waals surface area contributed by atoms with Gasteiger partial charge in [-0.05, 0) is 0 Å². The average molecular weight is 409 g/mol. The molecule has 1 saturated heterocycles. The summed E-state index contributed by atoms with van der Waals surface area (Å²) in [5.41, 5.74) is -2.19. The number of aromatic nitrogens is 2. The van der Waals surface area contributed by atoms with E-state index in [-0.39, 0.29) is 30.7 Å². The molecule has 0 aliphatic carbocycles. The van der Waals surface area contributed by atoms with Crippen molar-refractivity contribution in [2.24, 2.45) is 0 Å². The molecule has 1 aromatic carbocycles. The number of para-hydroxylation sites is 1. The number of aliphatic hydroxyl groups is 1. The highest BCUT2D eigenvalue weighted by Crippen LogP contribution is 2.28. The standard InChI is InChI=1S/C17H16FN3O8/c18-11-7-20(17(25)19-15(11)24)16-13(22)6-10(29-16)8-28-14(23)5-9-3-1-2-4-12(9)21(26)27/h1-4,7,10,13,16,22H,5-6,8H2,(H,19,24,25)/t10-,13+,16+/m0/s1. The van der Waals surface area contributed by atoms with Crippen LogP contribution in [-0.2, 0) is 20.7 Å². The Morgan fingerprint density at radius 2 is 2.14 bits per heavy atom. The summed E-state index contributed by atoms with van der Waals surface area (Å²) in [6, 6.07) is 5.73. The fraction of sp³-hybridized carbons (Fsp3) is 0.353. The Hall–Kier alpha value is -3.38. The summed E-state index contributed by atoms with van der Waals surface area (Å²) in [6.07, 6.45) is -3.01. The smallest absolute Gasteiger partial charge is 0.330 e. The van der Waals surface area contributed by atoms with Crippen LogP contribution in [0.2, 0.25) is 0 Å². The first-order valence-electron chi connectivity index (χ1n) is 8.48. The topological polar surface area (TPSA) is 154 Å². The lowest BCUT2D eigenvalue weighted by Crippen LogP contribution is -2.36. The average Bonchev–Trinajstić information content (AvgIpc) is 3.04. The number of benzene rings is 1. The molecular weight excluding hydrogens is 393 g/mol. The summed E-state index contributed by atoms with van der Waals surface area (Å²) in [5, 5.41) is 21.1. The molecule has 1 aliphatic rings. The van der Waals surface area contributed by atoms with E-state index in [1.165, 1.54) is 18.2 Å². The number of esters is 1. The fourth-order valence-corrected chi connectivity index (χ4v) is 2.97. The minimum Gasteiger partial charge on any atom is -0.463 e. The van der Waals surface area contributed by atoms with E-state index in [2.05, 4.69) is 0 Å². The van der Waals surface area contributed by atoms with Gasteiger partial charge in [-0.3, -0.25) is 29.3 Å². The molecule has 11 nitrogen and oxygen atoms in total. The molecule has 0 unspecified atom stereocenters. The molecule has 0 spiro atoms. The summed E-state index contributed by atoms with van der Waals surface area (Å²) >= 11 is 0. The summed E-state index contributed by atoms with van der Waals surface area (Å²) in [5.74, 6) is -1.96. The number of carbonyl (C=O) groups is 1. The van der Waals surface area contributed by atoms with Crippen molar-refractivity contribution < 1.29 is 28.7 Å². The van der Waals surface area contributed by atoms with Crippen LogP contribution in [0.5, 0.6) is 0 Å². The van der Waals surface area contributed by atoms with Crippen LogP contribution in [0, 0.1) is 15.9 Å². The zero-order valence-electron chi connectivity index (χ0n) is 14.8. The molecule has 0 radical (unpaired) electrons. The van der Waals surface area contributed by atoms with Crippen molar-refractivity contribution in [3.05, 3.63) is 72.8 Å². The van der Waals surface area contributed by atoms with Gasteiger partial charge in [-0.2, -0.15) is 4.39 Å². The van der Waals surface area contributed by atoms with Gasteiger partial charge < -0.3 is 14.6 Å². The first kappa shape index (κ1) is 20.4. The fourth-order valence-electron chi connectivity index (χ4n) is 2.97. The Balaban J connectivity index is 1.61. The lowest BCUT2D eigenvalue weighted by molar-refractivity contribution is -0.385. The molecule has 2 N–H and O–H groups in total. The van der Waals surface area contributed by atoms with E-state index in [0.717, 1.165) is 0 Å². The van der Waals surface area contributed by atoms with E-state index in [0.29, 0.717) is 10.8 Å². The number of H-pyrrole nitrogens is 1. The second-order valence-electron chi connectivity index (χ2n) is 6.34. The molecule has 154 valence electrons. The highest BCUT2D eigenvalue weighted by atomic mass is 19.1. The summed E-state index contributed by atoms with van der Waals surface area (Å²) in [6.45, 7) is -0.284. The monoisotopic (exact) mass is 409 g/mol. The number of aromatic amines is 1. The second-order valence-corrected chi connectivity index (χ2v) is 6.34. The number of hydrogen-bond acceptors (Lipinski definition) is 8. The SMILES string of the molecule is O=C(Cc1ccccc1[N+](=O)[O-])OC[C@@H]1C[C@@H](O)[C@H](n2cc(F)c(=O)[nH]c2=O)O1. The molecule has 2 aromatic rings. The Bertz CT molecular complexity index is 1050. The zero-order valence-corrected chi connectivity index (χ0v) is 14.8. The first-order chi connectivity index (χ1) is 13.8. The van der Waals surface area contributed by atoms with Crippen molar-refractivity contribution in [1.29, 1.82) is 0 Å². The van der Waals surface area contributed by atoms with E-state index in [4.69, 9.17) is 9.47 Å². The number of aliphatic hydroxyl groups excluding tert-OH is 1. The normalized spacial score (nSPS) is 21.1. The molecule has 0 saturated carbocycles. The molecule has 0 amide bonds. The lowest BCUT2D eigenvalue weighted by atomic mass is 10.1.